The highest BCUT2D eigenvalue weighted by molar-refractivity contribution is 5.27. The van der Waals surface area contributed by atoms with Crippen LogP contribution in [0, 0.1) is 46.3 Å². The number of hydrogen-bond donors (Lipinski definition) is 0. The summed E-state index contributed by atoms with van der Waals surface area (Å²) >= 11 is 0. The van der Waals surface area contributed by atoms with Gasteiger partial charge in [0.1, 0.15) is 0 Å². The molecule has 0 aromatic rings. The van der Waals surface area contributed by atoms with Crippen LogP contribution in [0.2, 0.25) is 0 Å². The molecular weight excluding hydrogens is 432 g/mol. The molecule has 6 rings (SSSR count). The number of ether oxygens (including phenoxy) is 1. The third-order valence-electron chi connectivity index (χ3n) is 12.5. The van der Waals surface area contributed by atoms with Crippen LogP contribution in [0.4, 0.5) is 0 Å². The average molecular weight is 481 g/mol. The van der Waals surface area contributed by atoms with Gasteiger partial charge in [0.05, 0.1) is 6.10 Å². The molecule has 5 nitrogen and oxygen atoms in total. The Labute approximate surface area is 213 Å². The summed E-state index contributed by atoms with van der Waals surface area (Å²) in [6.45, 7) is 13.1. The van der Waals surface area contributed by atoms with Gasteiger partial charge in [0.2, 0.25) is 0 Å². The monoisotopic (exact) mass is 480 g/mol. The maximum atomic E-state index is 8.47. The Kier molecular flexibility index (Phi) is 6.30. The largest absolute Gasteiger partial charge is 0.378 e. The van der Waals surface area contributed by atoms with Crippen LogP contribution in [0.15, 0.2) is 16.8 Å². The Morgan fingerprint density at radius 2 is 1.97 bits per heavy atom. The molecule has 0 N–H and O–H groups in total. The molecule has 5 heteroatoms. The standard InChI is InChI=1S/C30H48N4O/c1-19-6-9-26-20(2)28-27(34(26)18-19)17-25-23-8-7-21-16-22(35-15-5-14-32-33-31)10-12-29(21,3)24(23)11-13-30(25,28)4/h7,19-20,22-28H,5-6,8-18H2,1-4H3/t19-,20+,22-,23+,24-,25-,26+,27-,28-,29-,30-/m0/s1. The predicted molar refractivity (Wildman–Crippen MR) is 141 cm³/mol. The van der Waals surface area contributed by atoms with Gasteiger partial charge in [-0.05, 0) is 116 Å². The molecular formula is C30H48N4O. The van der Waals surface area contributed by atoms with E-state index in [1.165, 1.54) is 57.9 Å². The summed E-state index contributed by atoms with van der Waals surface area (Å²) in [5.41, 5.74) is 11.1. The van der Waals surface area contributed by atoms with Crippen LogP contribution >= 0.6 is 0 Å². The number of hydrogen-bond acceptors (Lipinski definition) is 3. The first kappa shape index (κ1) is 24.3. The second kappa shape index (κ2) is 9.07. The summed E-state index contributed by atoms with van der Waals surface area (Å²) < 4.78 is 6.24. The molecule has 2 heterocycles. The maximum Gasteiger partial charge on any atom is 0.0612 e. The van der Waals surface area contributed by atoms with E-state index in [2.05, 4.69) is 48.7 Å². The van der Waals surface area contributed by atoms with Gasteiger partial charge in [-0.2, -0.15) is 0 Å². The lowest BCUT2D eigenvalue weighted by atomic mass is 9.47. The number of allylic oxidation sites excluding steroid dienone is 1. The highest BCUT2D eigenvalue weighted by atomic mass is 16.5. The lowest BCUT2D eigenvalue weighted by molar-refractivity contribution is -0.0640. The SMILES string of the molecule is C[C@H]1CC[C@@H]2[C@@H](C)[C@H]3[C@H](C[C@H]4[C@@H]5CC=C6C[C@@H](OCCCN=[N+]=[N-])CC[C@]6(C)[C@H]5CC[C@]34C)N2C1. The fourth-order valence-corrected chi connectivity index (χ4v) is 10.9. The zero-order chi connectivity index (χ0) is 24.4. The van der Waals surface area contributed by atoms with E-state index >= 15 is 0 Å². The van der Waals surface area contributed by atoms with Crippen molar-refractivity contribution in [1.82, 2.24) is 4.90 Å². The Morgan fingerprint density at radius 1 is 1.11 bits per heavy atom. The average Bonchev–Trinajstić information content (AvgIpc) is 3.30. The van der Waals surface area contributed by atoms with Gasteiger partial charge in [-0.25, -0.2) is 0 Å². The number of piperidine rings is 1. The molecule has 0 unspecified atom stereocenters. The van der Waals surface area contributed by atoms with Crippen molar-refractivity contribution >= 4 is 0 Å². The normalized spacial score (nSPS) is 50.7. The highest BCUT2D eigenvalue weighted by Crippen LogP contribution is 2.69. The van der Waals surface area contributed by atoms with Crippen LogP contribution < -0.4 is 0 Å². The molecule has 6 aliphatic rings. The van der Waals surface area contributed by atoms with Crippen molar-refractivity contribution in [3.8, 4) is 0 Å². The quantitative estimate of drug-likeness (QED) is 0.135. The first-order valence-electron chi connectivity index (χ1n) is 14.9. The maximum absolute atomic E-state index is 8.47. The third-order valence-corrected chi connectivity index (χ3v) is 12.5. The Hall–Kier alpha value is -1.03. The second-order valence-electron chi connectivity index (χ2n) is 14.0. The minimum Gasteiger partial charge on any atom is -0.378 e. The van der Waals surface area contributed by atoms with Crippen molar-refractivity contribution in [3.05, 3.63) is 22.1 Å². The lowest BCUT2D eigenvalue weighted by Crippen LogP contribution is -2.51. The van der Waals surface area contributed by atoms with Crippen LogP contribution in [0.3, 0.4) is 0 Å². The van der Waals surface area contributed by atoms with Gasteiger partial charge in [-0.3, -0.25) is 4.90 Å². The molecule has 2 saturated heterocycles. The van der Waals surface area contributed by atoms with Gasteiger partial charge < -0.3 is 4.74 Å². The molecule has 11 atom stereocenters. The zero-order valence-electron chi connectivity index (χ0n) is 22.7. The van der Waals surface area contributed by atoms with Crippen molar-refractivity contribution in [2.45, 2.75) is 110 Å². The van der Waals surface area contributed by atoms with Crippen molar-refractivity contribution in [2.24, 2.45) is 51.5 Å². The van der Waals surface area contributed by atoms with Crippen molar-refractivity contribution in [1.29, 1.82) is 0 Å². The minimum absolute atomic E-state index is 0.357. The summed E-state index contributed by atoms with van der Waals surface area (Å²) in [6.07, 6.45) is 16.1. The molecule has 0 spiro atoms. The van der Waals surface area contributed by atoms with Crippen LogP contribution in [-0.4, -0.2) is 42.8 Å². The Balaban J connectivity index is 1.18. The summed E-state index contributed by atoms with van der Waals surface area (Å²) in [4.78, 5) is 5.88. The van der Waals surface area contributed by atoms with E-state index in [9.17, 15) is 0 Å². The van der Waals surface area contributed by atoms with Crippen LogP contribution in [-0.2, 0) is 4.74 Å². The van der Waals surface area contributed by atoms with Gasteiger partial charge in [0.25, 0.3) is 0 Å². The van der Waals surface area contributed by atoms with Gasteiger partial charge in [-0.15, -0.1) is 0 Å². The molecule has 0 aromatic carbocycles. The Bertz CT molecular complexity index is 897. The number of fused-ring (bicyclic) bond motifs is 9. The van der Waals surface area contributed by atoms with E-state index in [1.54, 1.807) is 5.57 Å². The van der Waals surface area contributed by atoms with Gasteiger partial charge in [0, 0.05) is 36.7 Å². The summed E-state index contributed by atoms with van der Waals surface area (Å²) in [5, 5.41) is 3.65. The smallest absolute Gasteiger partial charge is 0.0612 e. The predicted octanol–water partition coefficient (Wildman–Crippen LogP) is 7.38. The molecule has 5 fully saturated rings. The fourth-order valence-electron chi connectivity index (χ4n) is 10.9. The molecule has 4 aliphatic carbocycles. The van der Waals surface area contributed by atoms with Gasteiger partial charge in [-0.1, -0.05) is 44.5 Å². The van der Waals surface area contributed by atoms with E-state index < -0.39 is 0 Å². The van der Waals surface area contributed by atoms with E-state index in [0.29, 0.717) is 23.5 Å². The lowest BCUT2D eigenvalue weighted by Gasteiger charge is -2.58. The summed E-state index contributed by atoms with van der Waals surface area (Å²) in [7, 11) is 0. The van der Waals surface area contributed by atoms with E-state index in [0.717, 1.165) is 67.0 Å². The third kappa shape index (κ3) is 3.74. The number of azide groups is 1. The molecule has 3 saturated carbocycles. The zero-order valence-corrected chi connectivity index (χ0v) is 22.7. The van der Waals surface area contributed by atoms with E-state index in [4.69, 9.17) is 10.3 Å². The second-order valence-corrected chi connectivity index (χ2v) is 14.0. The molecule has 194 valence electrons. The minimum atomic E-state index is 0.357. The first-order valence-corrected chi connectivity index (χ1v) is 14.9. The molecule has 2 aliphatic heterocycles. The van der Waals surface area contributed by atoms with E-state index in [-0.39, 0.29) is 0 Å². The van der Waals surface area contributed by atoms with Crippen LogP contribution in [0.5, 0.6) is 0 Å². The fraction of sp³-hybridized carbons (Fsp3) is 0.933. The highest BCUT2D eigenvalue weighted by Gasteiger charge is 2.66. The summed E-state index contributed by atoms with van der Waals surface area (Å²) in [5.74, 6) is 5.38. The van der Waals surface area contributed by atoms with E-state index in [1.807, 2.05) is 0 Å². The van der Waals surface area contributed by atoms with Crippen molar-refractivity contribution in [3.63, 3.8) is 0 Å². The Morgan fingerprint density at radius 3 is 2.80 bits per heavy atom. The topological polar surface area (TPSA) is 61.2 Å². The van der Waals surface area contributed by atoms with Gasteiger partial charge in [0.15, 0.2) is 0 Å². The van der Waals surface area contributed by atoms with Crippen LogP contribution in [0.1, 0.15) is 91.9 Å². The first-order chi connectivity index (χ1) is 16.9. The van der Waals surface area contributed by atoms with Crippen molar-refractivity contribution < 1.29 is 4.74 Å². The molecule has 0 aromatic heterocycles. The summed E-state index contributed by atoms with van der Waals surface area (Å²) in [6, 6.07) is 1.73. The van der Waals surface area contributed by atoms with Crippen molar-refractivity contribution in [2.75, 3.05) is 19.7 Å². The number of nitrogens with zero attached hydrogens (tertiary/aromatic N) is 4. The van der Waals surface area contributed by atoms with Gasteiger partial charge >= 0.3 is 0 Å². The number of rotatable bonds is 5. The molecule has 0 amide bonds. The molecule has 0 bridgehead atoms. The molecule has 35 heavy (non-hydrogen) atoms. The van der Waals surface area contributed by atoms with Crippen LogP contribution in [0.25, 0.3) is 10.4 Å². The molecule has 0 radical (unpaired) electrons.